The fourth-order valence-corrected chi connectivity index (χ4v) is 4.97. The zero-order chi connectivity index (χ0) is 22.9. The van der Waals surface area contributed by atoms with Crippen LogP contribution in [0.1, 0.15) is 46.6 Å². The molecule has 0 aliphatic carbocycles. The first kappa shape index (κ1) is 22.1. The van der Waals surface area contributed by atoms with E-state index in [1.165, 1.54) is 5.56 Å². The minimum atomic E-state index is -0.470. The van der Waals surface area contributed by atoms with Crippen molar-refractivity contribution in [2.45, 2.75) is 25.8 Å². The summed E-state index contributed by atoms with van der Waals surface area (Å²) < 4.78 is 11.4. The molecule has 1 amide bonds. The highest BCUT2D eigenvalue weighted by atomic mass is 35.5. The van der Waals surface area contributed by atoms with E-state index in [-0.39, 0.29) is 17.1 Å². The van der Waals surface area contributed by atoms with Gasteiger partial charge in [-0.25, -0.2) is 0 Å². The molecule has 0 unspecified atom stereocenters. The molecule has 7 heteroatoms. The molecular weight excluding hydrogens is 440 g/mol. The molecule has 0 radical (unpaired) electrons. The zero-order valence-corrected chi connectivity index (χ0v) is 19.4. The molecule has 1 fully saturated rings. The number of morpholine rings is 1. The molecule has 3 heterocycles. The summed E-state index contributed by atoms with van der Waals surface area (Å²) in [5.74, 6) is -0.0868. The largest absolute Gasteiger partial charge is 0.450 e. The lowest BCUT2D eigenvalue weighted by atomic mass is 9.97. The van der Waals surface area contributed by atoms with Gasteiger partial charge in [-0.15, -0.1) is 0 Å². The Bertz CT molecular complexity index is 1230. The number of hydrogen-bond acceptors (Lipinski definition) is 5. The number of rotatable bonds is 6. The number of hydrogen-bond donors (Lipinski definition) is 0. The Morgan fingerprint density at radius 2 is 1.79 bits per heavy atom. The number of carbonyl (C=O) groups is 1. The summed E-state index contributed by atoms with van der Waals surface area (Å²) in [6, 6.07) is 12.6. The summed E-state index contributed by atoms with van der Waals surface area (Å²) in [5.41, 5.74) is 2.72. The van der Waals surface area contributed by atoms with E-state index in [1.807, 2.05) is 12.1 Å². The Morgan fingerprint density at radius 3 is 2.52 bits per heavy atom. The second-order valence-corrected chi connectivity index (χ2v) is 9.05. The molecule has 5 rings (SSSR count). The highest BCUT2D eigenvalue weighted by Gasteiger charge is 2.42. The molecule has 33 heavy (non-hydrogen) atoms. The van der Waals surface area contributed by atoms with Crippen LogP contribution in [-0.4, -0.2) is 55.1 Å². The van der Waals surface area contributed by atoms with E-state index in [1.54, 1.807) is 23.1 Å². The maximum Gasteiger partial charge on any atom is 0.290 e. The van der Waals surface area contributed by atoms with Crippen LogP contribution in [0.2, 0.25) is 5.02 Å². The van der Waals surface area contributed by atoms with Crippen molar-refractivity contribution in [2.75, 3.05) is 39.4 Å². The van der Waals surface area contributed by atoms with Crippen LogP contribution < -0.4 is 5.43 Å². The maximum absolute atomic E-state index is 13.6. The van der Waals surface area contributed by atoms with Gasteiger partial charge in [0.05, 0.1) is 30.2 Å². The van der Waals surface area contributed by atoms with Crippen molar-refractivity contribution in [3.8, 4) is 0 Å². The molecule has 172 valence electrons. The molecule has 1 aromatic heterocycles. The second-order valence-electron chi connectivity index (χ2n) is 8.62. The number of benzene rings is 2. The van der Waals surface area contributed by atoms with Gasteiger partial charge in [-0.3, -0.25) is 14.5 Å². The van der Waals surface area contributed by atoms with Gasteiger partial charge in [0.2, 0.25) is 5.76 Å². The molecule has 0 bridgehead atoms. The number of halogens is 1. The van der Waals surface area contributed by atoms with E-state index in [9.17, 15) is 9.59 Å². The minimum absolute atomic E-state index is 0.144. The van der Waals surface area contributed by atoms with Gasteiger partial charge in [-0.1, -0.05) is 42.8 Å². The van der Waals surface area contributed by atoms with E-state index < -0.39 is 6.04 Å². The maximum atomic E-state index is 13.6. The quantitative estimate of drug-likeness (QED) is 0.542. The lowest BCUT2D eigenvalue weighted by Crippen LogP contribution is -2.38. The van der Waals surface area contributed by atoms with E-state index >= 15 is 0 Å². The number of carbonyl (C=O) groups excluding carboxylic acids is 1. The minimum Gasteiger partial charge on any atom is -0.450 e. The first-order valence-corrected chi connectivity index (χ1v) is 11.9. The monoisotopic (exact) mass is 466 g/mol. The summed E-state index contributed by atoms with van der Waals surface area (Å²) in [6.45, 7) is 6.82. The predicted octanol–water partition coefficient (Wildman–Crippen LogP) is 4.28. The van der Waals surface area contributed by atoms with E-state index in [0.29, 0.717) is 28.1 Å². The third kappa shape index (κ3) is 4.19. The van der Waals surface area contributed by atoms with Crippen LogP contribution >= 0.6 is 11.6 Å². The van der Waals surface area contributed by atoms with Gasteiger partial charge in [0.25, 0.3) is 5.91 Å². The smallest absolute Gasteiger partial charge is 0.290 e. The van der Waals surface area contributed by atoms with E-state index in [2.05, 4.69) is 24.0 Å². The number of aryl methyl sites for hydroxylation is 1. The Hall–Kier alpha value is -2.67. The van der Waals surface area contributed by atoms with Crippen molar-refractivity contribution in [1.29, 1.82) is 0 Å². The normalized spacial score (nSPS) is 18.8. The Balaban J connectivity index is 1.53. The van der Waals surface area contributed by atoms with Gasteiger partial charge in [0, 0.05) is 31.2 Å². The van der Waals surface area contributed by atoms with Crippen LogP contribution in [0.15, 0.2) is 51.7 Å². The molecule has 6 nitrogen and oxygen atoms in total. The molecule has 1 atom stereocenters. The van der Waals surface area contributed by atoms with Crippen LogP contribution in [0.25, 0.3) is 11.0 Å². The standard InChI is InChI=1S/C26H27ClN2O4/c1-2-17-4-6-18(7-5-17)23-22-24(30)20-16-19(27)8-9-21(20)33-25(22)26(31)29(23)11-3-10-28-12-14-32-15-13-28/h4-9,16,23H,2-3,10-15H2,1H3/t23-/m0/s1. The highest BCUT2D eigenvalue weighted by molar-refractivity contribution is 6.31. The summed E-state index contributed by atoms with van der Waals surface area (Å²) in [7, 11) is 0. The van der Waals surface area contributed by atoms with Gasteiger partial charge in [0.1, 0.15) is 5.58 Å². The highest BCUT2D eigenvalue weighted by Crippen LogP contribution is 2.38. The average molecular weight is 467 g/mol. The average Bonchev–Trinajstić information content (AvgIpc) is 3.12. The lowest BCUT2D eigenvalue weighted by Gasteiger charge is -2.29. The molecule has 2 aliphatic rings. The second kappa shape index (κ2) is 9.29. The lowest BCUT2D eigenvalue weighted by molar-refractivity contribution is 0.0353. The van der Waals surface area contributed by atoms with Crippen LogP contribution in [-0.2, 0) is 11.2 Å². The topological polar surface area (TPSA) is 63.0 Å². The van der Waals surface area contributed by atoms with Crippen molar-refractivity contribution < 1.29 is 13.9 Å². The first-order valence-electron chi connectivity index (χ1n) is 11.5. The van der Waals surface area contributed by atoms with Crippen molar-refractivity contribution in [3.05, 3.63) is 80.2 Å². The first-order chi connectivity index (χ1) is 16.1. The third-order valence-corrected chi connectivity index (χ3v) is 6.84. The van der Waals surface area contributed by atoms with Crippen molar-refractivity contribution in [3.63, 3.8) is 0 Å². The molecule has 0 N–H and O–H groups in total. The molecule has 0 saturated carbocycles. The van der Waals surface area contributed by atoms with Crippen LogP contribution in [0.5, 0.6) is 0 Å². The van der Waals surface area contributed by atoms with E-state index in [0.717, 1.165) is 51.3 Å². The molecular formula is C26H27ClN2O4. The van der Waals surface area contributed by atoms with Crippen LogP contribution in [0, 0.1) is 0 Å². The van der Waals surface area contributed by atoms with Gasteiger partial charge in [0.15, 0.2) is 5.43 Å². The Kier molecular flexibility index (Phi) is 6.23. The van der Waals surface area contributed by atoms with Gasteiger partial charge < -0.3 is 14.1 Å². The summed E-state index contributed by atoms with van der Waals surface area (Å²) in [6.07, 6.45) is 1.73. The van der Waals surface area contributed by atoms with Crippen molar-refractivity contribution in [1.82, 2.24) is 9.80 Å². The number of ether oxygens (including phenoxy) is 1. The molecule has 2 aromatic carbocycles. The molecule has 0 spiro atoms. The van der Waals surface area contributed by atoms with Gasteiger partial charge in [-0.05, 0) is 42.2 Å². The van der Waals surface area contributed by atoms with E-state index in [4.69, 9.17) is 20.8 Å². The predicted molar refractivity (Wildman–Crippen MR) is 128 cm³/mol. The SMILES string of the molecule is CCc1ccc([C@H]2c3c(oc4ccc(Cl)cc4c3=O)C(=O)N2CCCN2CCOCC2)cc1. The number of amides is 1. The Morgan fingerprint density at radius 1 is 1.03 bits per heavy atom. The zero-order valence-electron chi connectivity index (χ0n) is 18.7. The fourth-order valence-electron chi connectivity index (χ4n) is 4.79. The molecule has 2 aliphatic heterocycles. The Labute approximate surface area is 197 Å². The van der Waals surface area contributed by atoms with Gasteiger partial charge >= 0.3 is 0 Å². The number of nitrogens with zero attached hydrogens (tertiary/aromatic N) is 2. The van der Waals surface area contributed by atoms with Gasteiger partial charge in [-0.2, -0.15) is 0 Å². The third-order valence-electron chi connectivity index (χ3n) is 6.61. The molecule has 3 aromatic rings. The fraction of sp³-hybridized carbons (Fsp3) is 0.385. The van der Waals surface area contributed by atoms with Crippen molar-refractivity contribution >= 4 is 28.5 Å². The van der Waals surface area contributed by atoms with Crippen LogP contribution in [0.4, 0.5) is 0 Å². The van der Waals surface area contributed by atoms with Crippen molar-refractivity contribution in [2.24, 2.45) is 0 Å². The van der Waals surface area contributed by atoms with Crippen LogP contribution in [0.3, 0.4) is 0 Å². The summed E-state index contributed by atoms with van der Waals surface area (Å²) >= 11 is 6.16. The summed E-state index contributed by atoms with van der Waals surface area (Å²) in [4.78, 5) is 31.2. The number of fused-ring (bicyclic) bond motifs is 2. The summed E-state index contributed by atoms with van der Waals surface area (Å²) in [5, 5.41) is 0.865. The molecule has 1 saturated heterocycles.